The summed E-state index contributed by atoms with van der Waals surface area (Å²) in [6.45, 7) is 1.70. The number of ether oxygens (including phenoxy) is 2. The molecule has 3 rings (SSSR count). The third-order valence-electron chi connectivity index (χ3n) is 4.48. The van der Waals surface area contributed by atoms with Gasteiger partial charge in [0.15, 0.2) is 0 Å². The molecule has 24 heavy (non-hydrogen) atoms. The topological polar surface area (TPSA) is 48.4 Å². The quantitative estimate of drug-likeness (QED) is 0.748. The van der Waals surface area contributed by atoms with Crippen LogP contribution in [0.1, 0.15) is 60.0 Å². The third kappa shape index (κ3) is 2.81. The molecule has 0 bridgehead atoms. The van der Waals surface area contributed by atoms with Gasteiger partial charge in [-0.3, -0.25) is 0 Å². The van der Waals surface area contributed by atoms with Gasteiger partial charge in [0, 0.05) is 10.9 Å². The lowest BCUT2D eigenvalue weighted by Crippen LogP contribution is -2.13. The molecular weight excluding hydrogens is 316 g/mol. The smallest absolute Gasteiger partial charge is 0.344 e. The van der Waals surface area contributed by atoms with E-state index < -0.39 is 12.4 Å². The molecule has 0 spiro atoms. The van der Waals surface area contributed by atoms with Crippen molar-refractivity contribution < 1.29 is 23.0 Å². The molecule has 0 saturated heterocycles. The molecule has 2 aromatic rings. The molecule has 0 radical (unpaired) electrons. The Kier molecular flexibility index (Phi) is 4.64. The van der Waals surface area contributed by atoms with Crippen LogP contribution in [0.25, 0.3) is 10.9 Å². The highest BCUT2D eigenvalue weighted by atomic mass is 19.3. The van der Waals surface area contributed by atoms with Crippen molar-refractivity contribution in [2.24, 2.45) is 0 Å². The minimum absolute atomic E-state index is 0.0866. The minimum atomic E-state index is -2.83. The standard InChI is InChI=1S/C18H19F2NO3/c1-3-24-18(22)15-14(16(19)20)12-8-7-11(10-5-4-6-10)9-13(12)21-17(15)23-2/h7-10,16H,3-6H2,1-2H3. The number of carbonyl (C=O) groups is 1. The van der Waals surface area contributed by atoms with Crippen LogP contribution in [0.15, 0.2) is 18.2 Å². The van der Waals surface area contributed by atoms with E-state index in [9.17, 15) is 13.6 Å². The first-order valence-corrected chi connectivity index (χ1v) is 8.03. The first kappa shape index (κ1) is 16.6. The van der Waals surface area contributed by atoms with Gasteiger partial charge in [-0.05, 0) is 37.3 Å². The Labute approximate surface area is 138 Å². The SMILES string of the molecule is CCOC(=O)c1c(OC)nc2cc(C3CCC3)ccc2c1C(F)F. The van der Waals surface area contributed by atoms with Gasteiger partial charge in [0.1, 0.15) is 5.56 Å². The lowest BCUT2D eigenvalue weighted by molar-refractivity contribution is 0.0511. The van der Waals surface area contributed by atoms with Gasteiger partial charge in [0.25, 0.3) is 6.43 Å². The number of fused-ring (bicyclic) bond motifs is 1. The number of hydrogen-bond acceptors (Lipinski definition) is 4. The average molecular weight is 335 g/mol. The normalized spacial score (nSPS) is 14.7. The highest BCUT2D eigenvalue weighted by molar-refractivity contribution is 6.00. The predicted octanol–water partition coefficient (Wildman–Crippen LogP) is 4.63. The molecule has 0 aliphatic heterocycles. The van der Waals surface area contributed by atoms with Crippen molar-refractivity contribution in [2.45, 2.75) is 38.5 Å². The molecule has 1 aromatic carbocycles. The van der Waals surface area contributed by atoms with E-state index in [4.69, 9.17) is 9.47 Å². The summed E-state index contributed by atoms with van der Waals surface area (Å²) in [5.74, 6) is -0.508. The molecular formula is C18H19F2NO3. The van der Waals surface area contributed by atoms with E-state index in [1.807, 2.05) is 12.1 Å². The zero-order valence-corrected chi connectivity index (χ0v) is 13.6. The first-order chi connectivity index (χ1) is 11.6. The van der Waals surface area contributed by atoms with Crippen LogP contribution in [0.4, 0.5) is 8.78 Å². The second kappa shape index (κ2) is 6.71. The highest BCUT2D eigenvalue weighted by Gasteiger charge is 2.29. The maximum atomic E-state index is 13.7. The number of methoxy groups -OCH3 is 1. The molecule has 6 heteroatoms. The average Bonchev–Trinajstić information content (AvgIpc) is 2.51. The fourth-order valence-electron chi connectivity index (χ4n) is 3.05. The van der Waals surface area contributed by atoms with Crippen molar-refractivity contribution in [1.82, 2.24) is 4.98 Å². The number of hydrogen-bond donors (Lipinski definition) is 0. The zero-order chi connectivity index (χ0) is 17.3. The van der Waals surface area contributed by atoms with Gasteiger partial charge in [0.05, 0.1) is 19.2 Å². The van der Waals surface area contributed by atoms with E-state index in [0.717, 1.165) is 18.4 Å². The molecule has 128 valence electrons. The molecule has 0 unspecified atom stereocenters. The third-order valence-corrected chi connectivity index (χ3v) is 4.48. The van der Waals surface area contributed by atoms with Crippen molar-refractivity contribution >= 4 is 16.9 Å². The molecule has 0 N–H and O–H groups in total. The Morgan fingerprint density at radius 2 is 2.12 bits per heavy atom. The van der Waals surface area contributed by atoms with E-state index in [-0.39, 0.29) is 29.0 Å². The maximum Gasteiger partial charge on any atom is 0.344 e. The predicted molar refractivity (Wildman–Crippen MR) is 85.8 cm³/mol. The highest BCUT2D eigenvalue weighted by Crippen LogP contribution is 2.40. The van der Waals surface area contributed by atoms with Crippen molar-refractivity contribution in [2.75, 3.05) is 13.7 Å². The minimum Gasteiger partial charge on any atom is -0.480 e. The molecule has 1 aliphatic carbocycles. The maximum absolute atomic E-state index is 13.7. The number of alkyl halides is 2. The molecule has 1 saturated carbocycles. The van der Waals surface area contributed by atoms with Gasteiger partial charge in [0.2, 0.25) is 5.88 Å². The first-order valence-electron chi connectivity index (χ1n) is 8.03. The lowest BCUT2D eigenvalue weighted by Gasteiger charge is -2.26. The Hall–Kier alpha value is -2.24. The van der Waals surface area contributed by atoms with Crippen LogP contribution in [0.5, 0.6) is 5.88 Å². The van der Waals surface area contributed by atoms with Crippen LogP contribution < -0.4 is 4.74 Å². The van der Waals surface area contributed by atoms with Crippen LogP contribution >= 0.6 is 0 Å². The molecule has 4 nitrogen and oxygen atoms in total. The second-order valence-electron chi connectivity index (χ2n) is 5.84. The van der Waals surface area contributed by atoms with Crippen LogP contribution in [0.2, 0.25) is 0 Å². The molecule has 0 amide bonds. The summed E-state index contributed by atoms with van der Waals surface area (Å²) in [5, 5.41) is 0.261. The fraction of sp³-hybridized carbons (Fsp3) is 0.444. The second-order valence-corrected chi connectivity index (χ2v) is 5.84. The number of aromatic nitrogens is 1. The lowest BCUT2D eigenvalue weighted by atomic mass is 9.79. The van der Waals surface area contributed by atoms with E-state index in [0.29, 0.717) is 11.4 Å². The largest absolute Gasteiger partial charge is 0.480 e. The Morgan fingerprint density at radius 3 is 2.67 bits per heavy atom. The van der Waals surface area contributed by atoms with Crippen LogP contribution in [0, 0.1) is 0 Å². The molecule has 0 atom stereocenters. The van der Waals surface area contributed by atoms with Gasteiger partial charge in [-0.2, -0.15) is 0 Å². The van der Waals surface area contributed by atoms with Crippen molar-refractivity contribution in [3.8, 4) is 5.88 Å². The van der Waals surface area contributed by atoms with Crippen LogP contribution in [-0.4, -0.2) is 24.7 Å². The van der Waals surface area contributed by atoms with Crippen molar-refractivity contribution in [1.29, 1.82) is 0 Å². The van der Waals surface area contributed by atoms with Gasteiger partial charge in [-0.15, -0.1) is 0 Å². The zero-order valence-electron chi connectivity index (χ0n) is 13.6. The van der Waals surface area contributed by atoms with E-state index >= 15 is 0 Å². The number of halogens is 2. The van der Waals surface area contributed by atoms with Crippen LogP contribution in [0.3, 0.4) is 0 Å². The van der Waals surface area contributed by atoms with E-state index in [1.54, 1.807) is 13.0 Å². The number of rotatable bonds is 5. The van der Waals surface area contributed by atoms with Gasteiger partial charge >= 0.3 is 5.97 Å². The fourth-order valence-corrected chi connectivity index (χ4v) is 3.05. The summed E-state index contributed by atoms with van der Waals surface area (Å²) in [6, 6.07) is 5.29. The van der Waals surface area contributed by atoms with E-state index in [1.165, 1.54) is 13.5 Å². The van der Waals surface area contributed by atoms with Crippen LogP contribution in [-0.2, 0) is 4.74 Å². The summed E-state index contributed by atoms with van der Waals surface area (Å²) >= 11 is 0. The molecule has 1 heterocycles. The number of nitrogens with zero attached hydrogens (tertiary/aromatic N) is 1. The summed E-state index contributed by atoms with van der Waals surface area (Å²) in [4.78, 5) is 16.4. The number of carbonyl (C=O) groups excluding carboxylic acids is 1. The van der Waals surface area contributed by atoms with Crippen molar-refractivity contribution in [3.05, 3.63) is 34.9 Å². The van der Waals surface area contributed by atoms with Gasteiger partial charge in [-0.25, -0.2) is 18.6 Å². The Balaban J connectivity index is 2.22. The van der Waals surface area contributed by atoms with Gasteiger partial charge in [-0.1, -0.05) is 18.6 Å². The summed E-state index contributed by atoms with van der Waals surface area (Å²) in [5.41, 5.74) is 0.834. The van der Waals surface area contributed by atoms with Gasteiger partial charge < -0.3 is 9.47 Å². The summed E-state index contributed by atoms with van der Waals surface area (Å²) < 4.78 is 37.5. The monoisotopic (exact) mass is 335 g/mol. The Bertz CT molecular complexity index is 772. The summed E-state index contributed by atoms with van der Waals surface area (Å²) in [7, 11) is 1.31. The molecule has 1 aromatic heterocycles. The van der Waals surface area contributed by atoms with Crippen molar-refractivity contribution in [3.63, 3.8) is 0 Å². The number of esters is 1. The number of benzene rings is 1. The van der Waals surface area contributed by atoms with E-state index in [2.05, 4.69) is 4.98 Å². The summed E-state index contributed by atoms with van der Waals surface area (Å²) in [6.07, 6.45) is 0.554. The molecule has 1 fully saturated rings. The number of pyridine rings is 1. The Morgan fingerprint density at radius 1 is 1.38 bits per heavy atom. The molecule has 1 aliphatic rings.